The van der Waals surface area contributed by atoms with Crippen molar-refractivity contribution in [2.24, 2.45) is 12.8 Å². The van der Waals surface area contributed by atoms with Crippen LogP contribution in [0.3, 0.4) is 0 Å². The van der Waals surface area contributed by atoms with Crippen molar-refractivity contribution < 1.29 is 0 Å². The van der Waals surface area contributed by atoms with Gasteiger partial charge >= 0.3 is 0 Å². The first-order valence-electron chi connectivity index (χ1n) is 4.80. The fourth-order valence-corrected chi connectivity index (χ4v) is 1.89. The van der Waals surface area contributed by atoms with E-state index in [-0.39, 0.29) is 0 Å². The molecule has 5 heteroatoms. The smallest absolute Gasteiger partial charge is 0.0838 e. The van der Waals surface area contributed by atoms with Gasteiger partial charge in [0.2, 0.25) is 0 Å². The maximum Gasteiger partial charge on any atom is 0.0838 e. The zero-order valence-electron chi connectivity index (χ0n) is 8.74. The predicted molar refractivity (Wildman–Crippen MR) is 66.6 cm³/mol. The number of halogens is 2. The molecule has 0 atom stereocenters. The van der Waals surface area contributed by atoms with Crippen LogP contribution >= 0.6 is 23.2 Å². The van der Waals surface area contributed by atoms with Crippen LogP contribution in [0, 0.1) is 0 Å². The Labute approximate surface area is 104 Å². The topological polar surface area (TPSA) is 43.8 Å². The Kier molecular flexibility index (Phi) is 3.19. The minimum Gasteiger partial charge on any atom is -0.325 e. The van der Waals surface area contributed by atoms with Crippen LogP contribution in [0.15, 0.2) is 24.4 Å². The monoisotopic (exact) mass is 255 g/mol. The van der Waals surface area contributed by atoms with E-state index < -0.39 is 0 Å². The number of hydrogen-bond acceptors (Lipinski definition) is 2. The molecule has 1 aromatic carbocycles. The summed E-state index contributed by atoms with van der Waals surface area (Å²) in [4.78, 5) is 0. The number of nitrogens with zero attached hydrogens (tertiary/aromatic N) is 2. The lowest BCUT2D eigenvalue weighted by Gasteiger charge is -2.02. The molecule has 0 spiro atoms. The van der Waals surface area contributed by atoms with Gasteiger partial charge in [-0.05, 0) is 17.7 Å². The van der Waals surface area contributed by atoms with Crippen molar-refractivity contribution in [1.82, 2.24) is 9.78 Å². The van der Waals surface area contributed by atoms with E-state index in [1.807, 2.05) is 25.4 Å². The van der Waals surface area contributed by atoms with Crippen LogP contribution in [0.1, 0.15) is 5.69 Å². The molecule has 0 aliphatic carbocycles. The van der Waals surface area contributed by atoms with E-state index in [0.29, 0.717) is 16.6 Å². The third-order valence-electron chi connectivity index (χ3n) is 2.33. The summed E-state index contributed by atoms with van der Waals surface area (Å²) in [6.07, 6.45) is 1.92. The summed E-state index contributed by atoms with van der Waals surface area (Å²) in [5, 5.41) is 5.35. The molecule has 0 bridgehead atoms. The van der Waals surface area contributed by atoms with Crippen LogP contribution in [0.4, 0.5) is 0 Å². The van der Waals surface area contributed by atoms with Gasteiger partial charge in [-0.25, -0.2) is 0 Å². The zero-order chi connectivity index (χ0) is 11.7. The van der Waals surface area contributed by atoms with Crippen LogP contribution in [0.2, 0.25) is 10.0 Å². The highest BCUT2D eigenvalue weighted by atomic mass is 35.5. The van der Waals surface area contributed by atoms with Crippen LogP contribution in [-0.2, 0) is 13.6 Å². The first kappa shape index (κ1) is 11.5. The first-order valence-corrected chi connectivity index (χ1v) is 5.55. The van der Waals surface area contributed by atoms with E-state index in [0.717, 1.165) is 16.8 Å². The Morgan fingerprint density at radius 1 is 1.31 bits per heavy atom. The van der Waals surface area contributed by atoms with Crippen molar-refractivity contribution >= 4 is 23.2 Å². The lowest BCUT2D eigenvalue weighted by Crippen LogP contribution is -1.99. The fraction of sp³-hybridized carbons (Fsp3) is 0.182. The number of aromatic nitrogens is 2. The molecule has 0 saturated heterocycles. The van der Waals surface area contributed by atoms with Crippen molar-refractivity contribution in [2.75, 3.05) is 0 Å². The van der Waals surface area contributed by atoms with Crippen molar-refractivity contribution in [3.63, 3.8) is 0 Å². The number of nitrogens with two attached hydrogens (primary N) is 1. The standard InChI is InChI=1S/C11H11Cl2N3/c1-16-6-8(11(5-14)15-16)7-2-3-9(12)10(13)4-7/h2-4,6H,5,14H2,1H3. The van der Waals surface area contributed by atoms with Crippen molar-refractivity contribution in [2.45, 2.75) is 6.54 Å². The minimum absolute atomic E-state index is 0.399. The van der Waals surface area contributed by atoms with Gasteiger partial charge < -0.3 is 5.73 Å². The van der Waals surface area contributed by atoms with Crippen LogP contribution in [0.5, 0.6) is 0 Å². The van der Waals surface area contributed by atoms with Gasteiger partial charge in [-0.15, -0.1) is 0 Å². The minimum atomic E-state index is 0.399. The summed E-state index contributed by atoms with van der Waals surface area (Å²) in [6, 6.07) is 5.50. The highest BCUT2D eigenvalue weighted by Crippen LogP contribution is 2.29. The molecule has 0 amide bonds. The van der Waals surface area contributed by atoms with Gasteiger partial charge in [-0.3, -0.25) is 4.68 Å². The van der Waals surface area contributed by atoms with E-state index in [9.17, 15) is 0 Å². The highest BCUT2D eigenvalue weighted by Gasteiger charge is 2.09. The Balaban J connectivity index is 2.53. The second kappa shape index (κ2) is 4.45. The molecule has 0 saturated carbocycles. The average molecular weight is 256 g/mol. The van der Waals surface area contributed by atoms with Gasteiger partial charge in [0, 0.05) is 25.4 Å². The van der Waals surface area contributed by atoms with Crippen LogP contribution in [0.25, 0.3) is 11.1 Å². The second-order valence-corrected chi connectivity index (χ2v) is 4.31. The summed E-state index contributed by atoms with van der Waals surface area (Å²) in [7, 11) is 1.86. The lowest BCUT2D eigenvalue weighted by molar-refractivity contribution is 0.742. The second-order valence-electron chi connectivity index (χ2n) is 3.50. The fourth-order valence-electron chi connectivity index (χ4n) is 1.59. The third kappa shape index (κ3) is 2.07. The third-order valence-corrected chi connectivity index (χ3v) is 3.07. The molecule has 3 nitrogen and oxygen atoms in total. The Morgan fingerprint density at radius 3 is 2.69 bits per heavy atom. The number of benzene rings is 1. The SMILES string of the molecule is Cn1cc(-c2ccc(Cl)c(Cl)c2)c(CN)n1. The average Bonchev–Trinajstić information content (AvgIpc) is 2.63. The molecule has 0 unspecified atom stereocenters. The molecule has 1 heterocycles. The van der Waals surface area contributed by atoms with Crippen molar-refractivity contribution in [3.8, 4) is 11.1 Å². The molecular weight excluding hydrogens is 245 g/mol. The Hall–Kier alpha value is -1.03. The molecule has 16 heavy (non-hydrogen) atoms. The van der Waals surface area contributed by atoms with E-state index in [2.05, 4.69) is 5.10 Å². The summed E-state index contributed by atoms with van der Waals surface area (Å²) >= 11 is 11.8. The zero-order valence-corrected chi connectivity index (χ0v) is 10.3. The normalized spacial score (nSPS) is 10.8. The molecule has 0 aliphatic rings. The van der Waals surface area contributed by atoms with Gasteiger partial charge in [-0.2, -0.15) is 5.10 Å². The van der Waals surface area contributed by atoms with Gasteiger partial charge in [-0.1, -0.05) is 29.3 Å². The lowest BCUT2D eigenvalue weighted by atomic mass is 10.1. The largest absolute Gasteiger partial charge is 0.325 e. The summed E-state index contributed by atoms with van der Waals surface area (Å²) < 4.78 is 1.74. The predicted octanol–water partition coefficient (Wildman–Crippen LogP) is 2.85. The van der Waals surface area contributed by atoms with Crippen LogP contribution < -0.4 is 5.73 Å². The number of aryl methyl sites for hydroxylation is 1. The summed E-state index contributed by atoms with van der Waals surface area (Å²) in [5.74, 6) is 0. The maximum atomic E-state index is 5.98. The summed E-state index contributed by atoms with van der Waals surface area (Å²) in [6.45, 7) is 0.399. The van der Waals surface area contributed by atoms with E-state index in [1.165, 1.54) is 0 Å². The molecule has 0 radical (unpaired) electrons. The molecule has 2 rings (SSSR count). The molecule has 0 fully saturated rings. The highest BCUT2D eigenvalue weighted by molar-refractivity contribution is 6.42. The number of hydrogen-bond donors (Lipinski definition) is 1. The molecule has 0 aliphatic heterocycles. The van der Waals surface area contributed by atoms with Gasteiger partial charge in [0.05, 0.1) is 15.7 Å². The first-order chi connectivity index (χ1) is 7.61. The Morgan fingerprint density at radius 2 is 2.06 bits per heavy atom. The van der Waals surface area contributed by atoms with Gasteiger partial charge in [0.25, 0.3) is 0 Å². The van der Waals surface area contributed by atoms with Crippen LogP contribution in [-0.4, -0.2) is 9.78 Å². The van der Waals surface area contributed by atoms with Gasteiger partial charge in [0.15, 0.2) is 0 Å². The molecule has 1 aromatic heterocycles. The molecule has 84 valence electrons. The maximum absolute atomic E-state index is 5.98. The molecule has 2 N–H and O–H groups in total. The number of rotatable bonds is 2. The Bertz CT molecular complexity index is 520. The van der Waals surface area contributed by atoms with Crippen molar-refractivity contribution in [3.05, 3.63) is 40.1 Å². The molecule has 2 aromatic rings. The van der Waals surface area contributed by atoms with E-state index in [1.54, 1.807) is 10.7 Å². The van der Waals surface area contributed by atoms with E-state index in [4.69, 9.17) is 28.9 Å². The molecular formula is C11H11Cl2N3. The van der Waals surface area contributed by atoms with Crippen molar-refractivity contribution in [1.29, 1.82) is 0 Å². The summed E-state index contributed by atoms with van der Waals surface area (Å²) in [5.41, 5.74) is 8.45. The van der Waals surface area contributed by atoms with E-state index >= 15 is 0 Å². The quantitative estimate of drug-likeness (QED) is 0.897. The van der Waals surface area contributed by atoms with Gasteiger partial charge in [0.1, 0.15) is 0 Å².